The van der Waals surface area contributed by atoms with Gasteiger partial charge >= 0.3 is 0 Å². The number of nitrogens with zero attached hydrogens (tertiary/aromatic N) is 2. The van der Waals surface area contributed by atoms with Crippen LogP contribution in [0.4, 0.5) is 0 Å². The Kier molecular flexibility index (Phi) is 2.52. The van der Waals surface area contributed by atoms with Gasteiger partial charge in [-0.2, -0.15) is 0 Å². The van der Waals surface area contributed by atoms with E-state index in [1.54, 1.807) is 0 Å². The first-order valence-electron chi connectivity index (χ1n) is 4.46. The molecule has 0 saturated carbocycles. The smallest absolute Gasteiger partial charge is 0.147 e. The standard InChI is InChI=1S/C9H13N3O/c1-7-4-11-9(12-5-7)8-6-13-3-2-10-8/h4-5,8,10H,2-3,6H2,1H3. The summed E-state index contributed by atoms with van der Waals surface area (Å²) in [5.41, 5.74) is 1.08. The van der Waals surface area contributed by atoms with Gasteiger partial charge in [-0.1, -0.05) is 0 Å². The van der Waals surface area contributed by atoms with Gasteiger partial charge in [0.15, 0.2) is 0 Å². The fourth-order valence-corrected chi connectivity index (χ4v) is 1.31. The van der Waals surface area contributed by atoms with E-state index in [1.165, 1.54) is 0 Å². The number of nitrogens with one attached hydrogen (secondary N) is 1. The first kappa shape index (κ1) is 8.59. The van der Waals surface area contributed by atoms with Gasteiger partial charge in [0.05, 0.1) is 19.3 Å². The minimum absolute atomic E-state index is 0.161. The molecular formula is C9H13N3O. The highest BCUT2D eigenvalue weighted by Crippen LogP contribution is 2.10. The minimum Gasteiger partial charge on any atom is -0.378 e. The molecule has 0 bridgehead atoms. The molecule has 1 atom stereocenters. The molecule has 2 heterocycles. The first-order chi connectivity index (χ1) is 6.36. The zero-order chi connectivity index (χ0) is 9.10. The second kappa shape index (κ2) is 3.81. The van der Waals surface area contributed by atoms with Crippen molar-refractivity contribution in [3.63, 3.8) is 0 Å². The molecule has 13 heavy (non-hydrogen) atoms. The molecule has 1 N–H and O–H groups in total. The van der Waals surface area contributed by atoms with E-state index in [-0.39, 0.29) is 6.04 Å². The lowest BCUT2D eigenvalue weighted by molar-refractivity contribution is 0.0742. The van der Waals surface area contributed by atoms with Crippen LogP contribution in [0.2, 0.25) is 0 Å². The number of hydrogen-bond acceptors (Lipinski definition) is 4. The van der Waals surface area contributed by atoms with Gasteiger partial charge in [0.1, 0.15) is 5.82 Å². The third-order valence-corrected chi connectivity index (χ3v) is 2.03. The number of ether oxygens (including phenoxy) is 1. The summed E-state index contributed by atoms with van der Waals surface area (Å²) in [7, 11) is 0. The maximum absolute atomic E-state index is 5.32. The molecule has 4 nitrogen and oxygen atoms in total. The molecule has 1 aromatic heterocycles. The molecular weight excluding hydrogens is 166 g/mol. The van der Waals surface area contributed by atoms with E-state index in [0.29, 0.717) is 6.61 Å². The van der Waals surface area contributed by atoms with Crippen molar-refractivity contribution >= 4 is 0 Å². The maximum Gasteiger partial charge on any atom is 0.147 e. The van der Waals surface area contributed by atoms with Crippen LogP contribution in [0.25, 0.3) is 0 Å². The van der Waals surface area contributed by atoms with Crippen LogP contribution in [0.3, 0.4) is 0 Å². The molecule has 4 heteroatoms. The van der Waals surface area contributed by atoms with E-state index in [9.17, 15) is 0 Å². The molecule has 0 aliphatic carbocycles. The second-order valence-corrected chi connectivity index (χ2v) is 3.20. The predicted octanol–water partition coefficient (Wildman–Crippen LogP) is 0.446. The fraction of sp³-hybridized carbons (Fsp3) is 0.556. The topological polar surface area (TPSA) is 47.0 Å². The van der Waals surface area contributed by atoms with E-state index in [1.807, 2.05) is 19.3 Å². The molecule has 1 aliphatic heterocycles. The third kappa shape index (κ3) is 2.02. The fourth-order valence-electron chi connectivity index (χ4n) is 1.31. The molecule has 0 amide bonds. The summed E-state index contributed by atoms with van der Waals surface area (Å²) in [6.07, 6.45) is 3.66. The SMILES string of the molecule is Cc1cnc(C2COCCN2)nc1. The van der Waals surface area contributed by atoms with Gasteiger partial charge in [-0.25, -0.2) is 9.97 Å². The highest BCUT2D eigenvalue weighted by molar-refractivity contribution is 5.04. The van der Waals surface area contributed by atoms with Crippen LogP contribution in [0.5, 0.6) is 0 Å². The van der Waals surface area contributed by atoms with Crippen molar-refractivity contribution in [3.05, 3.63) is 23.8 Å². The number of morpholine rings is 1. The highest BCUT2D eigenvalue weighted by Gasteiger charge is 2.16. The Bertz CT molecular complexity index is 267. The molecule has 1 unspecified atom stereocenters. The van der Waals surface area contributed by atoms with Crippen LogP contribution in [0.1, 0.15) is 17.4 Å². The first-order valence-corrected chi connectivity index (χ1v) is 4.46. The zero-order valence-corrected chi connectivity index (χ0v) is 7.66. The van der Waals surface area contributed by atoms with Crippen molar-refractivity contribution in [2.75, 3.05) is 19.8 Å². The predicted molar refractivity (Wildman–Crippen MR) is 48.3 cm³/mol. The largest absolute Gasteiger partial charge is 0.378 e. The highest BCUT2D eigenvalue weighted by atomic mass is 16.5. The Morgan fingerprint density at radius 1 is 1.46 bits per heavy atom. The van der Waals surface area contributed by atoms with Crippen LogP contribution >= 0.6 is 0 Å². The quantitative estimate of drug-likeness (QED) is 0.679. The maximum atomic E-state index is 5.32. The van der Waals surface area contributed by atoms with E-state index < -0.39 is 0 Å². The van der Waals surface area contributed by atoms with E-state index in [0.717, 1.165) is 24.5 Å². The Hall–Kier alpha value is -1.00. The Morgan fingerprint density at radius 2 is 2.23 bits per heavy atom. The average Bonchev–Trinajstić information content (AvgIpc) is 2.20. The lowest BCUT2D eigenvalue weighted by Crippen LogP contribution is -2.35. The monoisotopic (exact) mass is 179 g/mol. The van der Waals surface area contributed by atoms with E-state index in [4.69, 9.17) is 4.74 Å². The van der Waals surface area contributed by atoms with E-state index >= 15 is 0 Å². The van der Waals surface area contributed by atoms with Crippen LogP contribution in [0.15, 0.2) is 12.4 Å². The average molecular weight is 179 g/mol. The Balaban J connectivity index is 2.10. The van der Waals surface area contributed by atoms with Crippen molar-refractivity contribution in [3.8, 4) is 0 Å². The molecule has 1 aromatic rings. The van der Waals surface area contributed by atoms with Crippen LogP contribution in [-0.2, 0) is 4.74 Å². The lowest BCUT2D eigenvalue weighted by Gasteiger charge is -2.22. The lowest BCUT2D eigenvalue weighted by atomic mass is 10.2. The van der Waals surface area contributed by atoms with Crippen LogP contribution in [0, 0.1) is 6.92 Å². The Labute approximate surface area is 77.4 Å². The van der Waals surface area contributed by atoms with Crippen LogP contribution < -0.4 is 5.32 Å². The summed E-state index contributed by atoms with van der Waals surface area (Å²) in [6.45, 7) is 4.31. The molecule has 1 aliphatic rings. The van der Waals surface area contributed by atoms with Crippen molar-refractivity contribution < 1.29 is 4.74 Å². The van der Waals surface area contributed by atoms with Gasteiger partial charge in [-0.15, -0.1) is 0 Å². The van der Waals surface area contributed by atoms with Gasteiger partial charge in [0.25, 0.3) is 0 Å². The number of aryl methyl sites for hydroxylation is 1. The Morgan fingerprint density at radius 3 is 2.85 bits per heavy atom. The van der Waals surface area contributed by atoms with Crippen LogP contribution in [-0.4, -0.2) is 29.7 Å². The van der Waals surface area contributed by atoms with Crippen molar-refractivity contribution in [1.82, 2.24) is 15.3 Å². The summed E-state index contributed by atoms with van der Waals surface area (Å²) in [5, 5.41) is 3.30. The summed E-state index contributed by atoms with van der Waals surface area (Å²) >= 11 is 0. The molecule has 0 radical (unpaired) electrons. The normalized spacial score (nSPS) is 23.0. The van der Waals surface area contributed by atoms with Gasteiger partial charge in [0.2, 0.25) is 0 Å². The summed E-state index contributed by atoms with van der Waals surface area (Å²) < 4.78 is 5.32. The zero-order valence-electron chi connectivity index (χ0n) is 7.66. The van der Waals surface area contributed by atoms with Crippen molar-refractivity contribution in [2.45, 2.75) is 13.0 Å². The second-order valence-electron chi connectivity index (χ2n) is 3.20. The molecule has 1 fully saturated rings. The summed E-state index contributed by atoms with van der Waals surface area (Å²) in [5.74, 6) is 0.824. The van der Waals surface area contributed by atoms with Gasteiger partial charge < -0.3 is 10.1 Å². The molecule has 1 saturated heterocycles. The van der Waals surface area contributed by atoms with E-state index in [2.05, 4.69) is 15.3 Å². The number of aromatic nitrogens is 2. The van der Waals surface area contributed by atoms with Crippen molar-refractivity contribution in [1.29, 1.82) is 0 Å². The molecule has 2 rings (SSSR count). The van der Waals surface area contributed by atoms with Gasteiger partial charge in [-0.3, -0.25) is 0 Å². The summed E-state index contributed by atoms with van der Waals surface area (Å²) in [4.78, 5) is 8.50. The van der Waals surface area contributed by atoms with Gasteiger partial charge in [0, 0.05) is 18.9 Å². The molecule has 70 valence electrons. The third-order valence-electron chi connectivity index (χ3n) is 2.03. The molecule has 0 aromatic carbocycles. The number of rotatable bonds is 1. The minimum atomic E-state index is 0.161. The van der Waals surface area contributed by atoms with Crippen molar-refractivity contribution in [2.24, 2.45) is 0 Å². The molecule has 0 spiro atoms. The number of hydrogen-bond donors (Lipinski definition) is 1. The summed E-state index contributed by atoms with van der Waals surface area (Å²) in [6, 6.07) is 0.161. The van der Waals surface area contributed by atoms with Gasteiger partial charge in [-0.05, 0) is 12.5 Å².